The van der Waals surface area contributed by atoms with Gasteiger partial charge < -0.3 is 15.3 Å². The van der Waals surface area contributed by atoms with Gasteiger partial charge in [-0.05, 0) is 45.4 Å². The third kappa shape index (κ3) is 8.11. The third-order valence-electron chi connectivity index (χ3n) is 4.85. The molecule has 1 unspecified atom stereocenters. The SMILES string of the molecule is C=CCCC(C)(O)C/C=C/[C@H]1[C@H](O)CC(=O)[C@@H]1C/C=C\CCCC(=O)O. The molecule has 1 aliphatic rings. The maximum absolute atomic E-state index is 12.1. The Morgan fingerprint density at radius 2 is 2.04 bits per heavy atom. The third-order valence-corrected chi connectivity index (χ3v) is 4.85. The molecule has 0 aromatic rings. The van der Waals surface area contributed by atoms with Crippen molar-refractivity contribution in [1.82, 2.24) is 0 Å². The van der Waals surface area contributed by atoms with Gasteiger partial charge in [-0.1, -0.05) is 30.4 Å². The monoisotopic (exact) mass is 364 g/mol. The highest BCUT2D eigenvalue weighted by atomic mass is 16.4. The Hall–Kier alpha value is -1.72. The van der Waals surface area contributed by atoms with Gasteiger partial charge >= 0.3 is 5.97 Å². The van der Waals surface area contributed by atoms with Crippen molar-refractivity contribution in [3.8, 4) is 0 Å². The number of allylic oxidation sites excluding steroid dienone is 3. The van der Waals surface area contributed by atoms with Crippen LogP contribution in [0.4, 0.5) is 0 Å². The number of ketones is 1. The Labute approximate surface area is 156 Å². The van der Waals surface area contributed by atoms with Crippen LogP contribution in [0.5, 0.6) is 0 Å². The van der Waals surface area contributed by atoms with Gasteiger partial charge in [0.1, 0.15) is 5.78 Å². The van der Waals surface area contributed by atoms with Gasteiger partial charge in [-0.25, -0.2) is 0 Å². The molecule has 0 amide bonds. The summed E-state index contributed by atoms with van der Waals surface area (Å²) in [7, 11) is 0. The number of carbonyl (C=O) groups excluding carboxylic acids is 1. The van der Waals surface area contributed by atoms with Crippen LogP contribution in [0.1, 0.15) is 58.3 Å². The number of rotatable bonds is 12. The molecular formula is C21H32O5. The van der Waals surface area contributed by atoms with E-state index in [1.54, 1.807) is 13.0 Å². The normalized spacial score (nSPS) is 25.8. The quantitative estimate of drug-likeness (QED) is 0.364. The van der Waals surface area contributed by atoms with Gasteiger partial charge in [-0.3, -0.25) is 9.59 Å². The molecule has 1 saturated carbocycles. The molecule has 0 aromatic heterocycles. The zero-order valence-electron chi connectivity index (χ0n) is 15.6. The fourth-order valence-electron chi connectivity index (χ4n) is 3.25. The molecule has 0 aliphatic heterocycles. The zero-order valence-corrected chi connectivity index (χ0v) is 15.6. The highest BCUT2D eigenvalue weighted by molar-refractivity contribution is 5.84. The summed E-state index contributed by atoms with van der Waals surface area (Å²) in [4.78, 5) is 22.6. The molecule has 5 heteroatoms. The Morgan fingerprint density at radius 1 is 1.31 bits per heavy atom. The molecule has 146 valence electrons. The highest BCUT2D eigenvalue weighted by Crippen LogP contribution is 2.33. The summed E-state index contributed by atoms with van der Waals surface area (Å²) in [6.45, 7) is 5.43. The molecule has 5 nitrogen and oxygen atoms in total. The largest absolute Gasteiger partial charge is 0.481 e. The van der Waals surface area contributed by atoms with Crippen molar-refractivity contribution in [2.45, 2.75) is 70.0 Å². The van der Waals surface area contributed by atoms with E-state index in [-0.39, 0.29) is 30.5 Å². The summed E-state index contributed by atoms with van der Waals surface area (Å²) in [5.74, 6) is -1.24. The van der Waals surface area contributed by atoms with E-state index < -0.39 is 17.7 Å². The number of aliphatic hydroxyl groups excluding tert-OH is 1. The summed E-state index contributed by atoms with van der Waals surface area (Å²) in [6, 6.07) is 0. The van der Waals surface area contributed by atoms with E-state index in [9.17, 15) is 19.8 Å². The van der Waals surface area contributed by atoms with Crippen LogP contribution in [0.3, 0.4) is 0 Å². The molecule has 0 heterocycles. The zero-order chi connectivity index (χ0) is 19.6. The maximum atomic E-state index is 12.1. The second-order valence-electron chi connectivity index (χ2n) is 7.37. The lowest BCUT2D eigenvalue weighted by Crippen LogP contribution is -2.23. The van der Waals surface area contributed by atoms with Crippen molar-refractivity contribution >= 4 is 11.8 Å². The first-order valence-corrected chi connectivity index (χ1v) is 9.34. The van der Waals surface area contributed by atoms with E-state index in [1.807, 2.05) is 24.3 Å². The highest BCUT2D eigenvalue weighted by Gasteiger charge is 2.39. The molecule has 0 spiro atoms. The second kappa shape index (κ2) is 11.1. The number of aliphatic hydroxyl groups is 2. The average molecular weight is 364 g/mol. The van der Waals surface area contributed by atoms with Crippen molar-refractivity contribution in [3.05, 3.63) is 37.0 Å². The molecule has 3 N–H and O–H groups in total. The van der Waals surface area contributed by atoms with E-state index in [0.29, 0.717) is 32.1 Å². The molecule has 0 saturated heterocycles. The van der Waals surface area contributed by atoms with Crippen molar-refractivity contribution in [2.75, 3.05) is 0 Å². The molecule has 1 rings (SSSR count). The standard InChI is InChI=1S/C21H32O5/c1-3-4-13-21(2,26)14-9-11-17-16(18(22)15-19(17)23)10-7-5-6-8-12-20(24)25/h3,5,7,9,11,16-17,19,23,26H,1,4,6,8,10,12-15H2,2H3,(H,24,25)/b7-5-,11-9+/t16-,17-,19-,21?/m1/s1. The van der Waals surface area contributed by atoms with Crippen molar-refractivity contribution in [3.63, 3.8) is 0 Å². The molecule has 0 aromatic carbocycles. The van der Waals surface area contributed by atoms with Crippen LogP contribution in [-0.4, -0.2) is 38.8 Å². The number of hydrogen-bond donors (Lipinski definition) is 3. The van der Waals surface area contributed by atoms with E-state index >= 15 is 0 Å². The lowest BCUT2D eigenvalue weighted by Gasteiger charge is -2.21. The lowest BCUT2D eigenvalue weighted by molar-refractivity contribution is -0.137. The molecule has 4 atom stereocenters. The number of aliphatic carboxylic acids is 1. The number of carbonyl (C=O) groups is 2. The van der Waals surface area contributed by atoms with E-state index in [0.717, 1.165) is 6.42 Å². The number of Topliss-reactive ketones (excluding diaryl/α,β-unsaturated/α-hetero) is 1. The molecule has 0 bridgehead atoms. The number of hydrogen-bond acceptors (Lipinski definition) is 4. The fraction of sp³-hybridized carbons (Fsp3) is 0.619. The summed E-state index contributed by atoms with van der Waals surface area (Å²) in [5.41, 5.74) is -0.822. The first-order chi connectivity index (χ1) is 12.3. The van der Waals surface area contributed by atoms with Crippen molar-refractivity contribution in [1.29, 1.82) is 0 Å². The van der Waals surface area contributed by atoms with Gasteiger partial charge in [-0.2, -0.15) is 0 Å². The Kier molecular flexibility index (Phi) is 9.52. The Bertz CT molecular complexity index is 533. The van der Waals surface area contributed by atoms with Crippen LogP contribution in [0, 0.1) is 11.8 Å². The predicted octanol–water partition coefficient (Wildman–Crippen LogP) is 3.42. The summed E-state index contributed by atoms with van der Waals surface area (Å²) < 4.78 is 0. The predicted molar refractivity (Wildman–Crippen MR) is 102 cm³/mol. The van der Waals surface area contributed by atoms with Crippen LogP contribution >= 0.6 is 0 Å². The summed E-state index contributed by atoms with van der Waals surface area (Å²) in [5, 5.41) is 29.1. The maximum Gasteiger partial charge on any atom is 0.303 e. The molecular weight excluding hydrogens is 332 g/mol. The van der Waals surface area contributed by atoms with Gasteiger partial charge in [0.15, 0.2) is 0 Å². The molecule has 0 radical (unpaired) electrons. The van der Waals surface area contributed by atoms with Crippen LogP contribution in [0.2, 0.25) is 0 Å². The van der Waals surface area contributed by atoms with E-state index in [4.69, 9.17) is 5.11 Å². The van der Waals surface area contributed by atoms with Crippen LogP contribution in [0.15, 0.2) is 37.0 Å². The fourth-order valence-corrected chi connectivity index (χ4v) is 3.25. The van der Waals surface area contributed by atoms with Gasteiger partial charge in [0.2, 0.25) is 0 Å². The lowest BCUT2D eigenvalue weighted by atomic mass is 9.89. The van der Waals surface area contributed by atoms with Crippen LogP contribution in [0.25, 0.3) is 0 Å². The van der Waals surface area contributed by atoms with E-state index in [2.05, 4.69) is 6.58 Å². The second-order valence-corrected chi connectivity index (χ2v) is 7.37. The molecule has 1 fully saturated rings. The minimum absolute atomic E-state index is 0.0563. The van der Waals surface area contributed by atoms with Gasteiger partial charge in [0.25, 0.3) is 0 Å². The van der Waals surface area contributed by atoms with E-state index in [1.165, 1.54) is 0 Å². The van der Waals surface area contributed by atoms with Gasteiger partial charge in [0.05, 0.1) is 11.7 Å². The Balaban J connectivity index is 2.54. The smallest absolute Gasteiger partial charge is 0.303 e. The van der Waals surface area contributed by atoms with Crippen molar-refractivity contribution in [2.24, 2.45) is 11.8 Å². The first-order valence-electron chi connectivity index (χ1n) is 9.34. The topological polar surface area (TPSA) is 94.8 Å². The summed E-state index contributed by atoms with van der Waals surface area (Å²) >= 11 is 0. The number of carboxylic acid groups (broad SMARTS) is 1. The summed E-state index contributed by atoms with van der Waals surface area (Å²) in [6.07, 6.45) is 12.6. The van der Waals surface area contributed by atoms with Crippen LogP contribution < -0.4 is 0 Å². The Morgan fingerprint density at radius 3 is 2.69 bits per heavy atom. The minimum Gasteiger partial charge on any atom is -0.481 e. The van der Waals surface area contributed by atoms with Crippen molar-refractivity contribution < 1.29 is 24.9 Å². The molecule has 1 aliphatic carbocycles. The van der Waals surface area contributed by atoms with Gasteiger partial charge in [-0.15, -0.1) is 6.58 Å². The first kappa shape index (κ1) is 22.3. The van der Waals surface area contributed by atoms with Gasteiger partial charge in [0, 0.05) is 24.7 Å². The average Bonchev–Trinajstić information content (AvgIpc) is 2.82. The molecule has 26 heavy (non-hydrogen) atoms. The minimum atomic E-state index is -0.822. The number of carboxylic acids is 1. The van der Waals surface area contributed by atoms with Crippen LogP contribution in [-0.2, 0) is 9.59 Å². The number of unbranched alkanes of at least 4 members (excludes halogenated alkanes) is 1.